The smallest absolute Gasteiger partial charge is 0.313 e. The van der Waals surface area contributed by atoms with E-state index in [0.717, 1.165) is 0 Å². The number of carboxylic acid groups (broad SMARTS) is 1. The van der Waals surface area contributed by atoms with Crippen LogP contribution < -0.4 is 0 Å². The number of hydrogen-bond donors (Lipinski definition) is 1. The molecule has 1 aliphatic rings. The Labute approximate surface area is 154 Å². The molecule has 0 spiro atoms. The van der Waals surface area contributed by atoms with Crippen LogP contribution in [0.2, 0.25) is 0 Å². The maximum absolute atomic E-state index is 13.4. The predicted molar refractivity (Wildman–Crippen MR) is 94.5 cm³/mol. The molecular formula is C21H16FNO4. The molecule has 2 atom stereocenters. The predicted octanol–water partition coefficient (Wildman–Crippen LogP) is 3.98. The Morgan fingerprint density at radius 3 is 2.48 bits per heavy atom. The van der Waals surface area contributed by atoms with Gasteiger partial charge in [-0.15, -0.1) is 0 Å². The van der Waals surface area contributed by atoms with Gasteiger partial charge < -0.3 is 14.4 Å². The molecule has 1 aliphatic heterocycles. The van der Waals surface area contributed by atoms with Gasteiger partial charge in [0.1, 0.15) is 17.5 Å². The third-order valence-electron chi connectivity index (χ3n) is 4.82. The van der Waals surface area contributed by atoms with Crippen LogP contribution in [0.4, 0.5) is 4.39 Å². The van der Waals surface area contributed by atoms with Crippen LogP contribution in [0.5, 0.6) is 0 Å². The van der Waals surface area contributed by atoms with Crippen molar-refractivity contribution in [3.63, 3.8) is 0 Å². The summed E-state index contributed by atoms with van der Waals surface area (Å²) < 4.78 is 18.8. The Morgan fingerprint density at radius 2 is 1.81 bits per heavy atom. The fourth-order valence-corrected chi connectivity index (χ4v) is 3.64. The van der Waals surface area contributed by atoms with Crippen molar-refractivity contribution in [1.29, 1.82) is 0 Å². The molecule has 0 saturated carbocycles. The maximum Gasteiger partial charge on any atom is 0.313 e. The van der Waals surface area contributed by atoms with Crippen molar-refractivity contribution >= 4 is 11.9 Å². The second kappa shape index (κ2) is 6.72. The molecule has 2 aromatic carbocycles. The summed E-state index contributed by atoms with van der Waals surface area (Å²) in [6, 6.07) is 14.9. The Bertz CT molecular complexity index is 982. The molecule has 4 rings (SSSR count). The summed E-state index contributed by atoms with van der Waals surface area (Å²) in [5.74, 6) is -2.19. The molecule has 3 aromatic rings. The molecule has 0 radical (unpaired) electrons. The summed E-state index contributed by atoms with van der Waals surface area (Å²) in [6.07, 6.45) is 1.50. The first-order valence-corrected chi connectivity index (χ1v) is 8.47. The van der Waals surface area contributed by atoms with E-state index in [-0.39, 0.29) is 12.5 Å². The normalized spacial score (nSPS) is 19.0. The minimum atomic E-state index is -1.05. The lowest BCUT2D eigenvalue weighted by molar-refractivity contribution is -0.140. The standard InChI is InChI=1S/C21H16FNO4/c22-14-9-7-13(8-10-14)19-18(21(25)26)16-5-1-2-6-17(16)20(24)23(19)12-15-4-3-11-27-15/h1-11,18-19H,12H2,(H,25,26). The highest BCUT2D eigenvalue weighted by atomic mass is 19.1. The van der Waals surface area contributed by atoms with Crippen LogP contribution in [-0.4, -0.2) is 21.9 Å². The number of furan rings is 1. The average molecular weight is 365 g/mol. The fraction of sp³-hybridized carbons (Fsp3) is 0.143. The Hall–Kier alpha value is -3.41. The number of fused-ring (bicyclic) bond motifs is 1. The van der Waals surface area contributed by atoms with Crippen molar-refractivity contribution in [2.75, 3.05) is 0 Å². The van der Waals surface area contributed by atoms with Gasteiger partial charge in [0.2, 0.25) is 0 Å². The molecule has 1 amide bonds. The molecule has 2 heterocycles. The van der Waals surface area contributed by atoms with Gasteiger partial charge in [-0.3, -0.25) is 9.59 Å². The van der Waals surface area contributed by atoms with E-state index in [1.165, 1.54) is 35.4 Å². The van der Waals surface area contributed by atoms with Crippen LogP contribution in [0.25, 0.3) is 0 Å². The van der Waals surface area contributed by atoms with E-state index in [1.807, 2.05) is 0 Å². The monoisotopic (exact) mass is 365 g/mol. The van der Waals surface area contributed by atoms with Gasteiger partial charge in [0.05, 0.1) is 18.8 Å². The molecule has 0 bridgehead atoms. The van der Waals surface area contributed by atoms with Crippen molar-refractivity contribution in [3.05, 3.63) is 95.2 Å². The molecule has 27 heavy (non-hydrogen) atoms. The number of aliphatic carboxylic acids is 1. The Kier molecular flexibility index (Phi) is 4.24. The number of carbonyl (C=O) groups is 2. The number of amides is 1. The molecule has 1 aromatic heterocycles. The second-order valence-corrected chi connectivity index (χ2v) is 6.41. The number of hydrogen-bond acceptors (Lipinski definition) is 3. The van der Waals surface area contributed by atoms with Crippen LogP contribution in [0.1, 0.15) is 39.2 Å². The number of carbonyl (C=O) groups excluding carboxylic acids is 1. The van der Waals surface area contributed by atoms with Crippen LogP contribution in [0.15, 0.2) is 71.3 Å². The summed E-state index contributed by atoms with van der Waals surface area (Å²) in [5, 5.41) is 9.97. The minimum Gasteiger partial charge on any atom is -0.481 e. The highest BCUT2D eigenvalue weighted by Gasteiger charge is 2.44. The van der Waals surface area contributed by atoms with E-state index < -0.39 is 23.7 Å². The van der Waals surface area contributed by atoms with E-state index >= 15 is 0 Å². The van der Waals surface area contributed by atoms with Crippen molar-refractivity contribution in [3.8, 4) is 0 Å². The van der Waals surface area contributed by atoms with Gasteiger partial charge in [-0.1, -0.05) is 30.3 Å². The van der Waals surface area contributed by atoms with Gasteiger partial charge in [0.15, 0.2) is 0 Å². The second-order valence-electron chi connectivity index (χ2n) is 6.41. The minimum absolute atomic E-state index is 0.117. The quantitative estimate of drug-likeness (QED) is 0.759. The molecule has 0 saturated heterocycles. The molecule has 136 valence electrons. The Balaban J connectivity index is 1.89. The molecule has 6 heteroatoms. The van der Waals surface area contributed by atoms with Crippen LogP contribution in [-0.2, 0) is 11.3 Å². The first-order chi connectivity index (χ1) is 13.1. The van der Waals surface area contributed by atoms with Crippen LogP contribution in [0.3, 0.4) is 0 Å². The number of nitrogens with zero attached hydrogens (tertiary/aromatic N) is 1. The molecule has 5 nitrogen and oxygen atoms in total. The zero-order chi connectivity index (χ0) is 19.0. The lowest BCUT2D eigenvalue weighted by Gasteiger charge is -2.40. The highest BCUT2D eigenvalue weighted by Crippen LogP contribution is 2.43. The molecule has 0 aliphatic carbocycles. The zero-order valence-corrected chi connectivity index (χ0v) is 14.2. The van der Waals surface area contributed by atoms with Crippen molar-refractivity contribution in [2.24, 2.45) is 0 Å². The van der Waals surface area contributed by atoms with Crippen molar-refractivity contribution in [2.45, 2.75) is 18.5 Å². The summed E-state index contributed by atoms with van der Waals surface area (Å²) in [5.41, 5.74) is 1.37. The molecule has 0 fully saturated rings. The zero-order valence-electron chi connectivity index (χ0n) is 14.2. The van der Waals surface area contributed by atoms with Gasteiger partial charge in [-0.25, -0.2) is 4.39 Å². The third kappa shape index (κ3) is 2.99. The van der Waals surface area contributed by atoms with Gasteiger partial charge in [-0.05, 0) is 41.5 Å². The molecule has 2 unspecified atom stereocenters. The van der Waals surface area contributed by atoms with Gasteiger partial charge in [0, 0.05) is 5.56 Å². The van der Waals surface area contributed by atoms with E-state index in [9.17, 15) is 19.1 Å². The van der Waals surface area contributed by atoms with E-state index in [1.54, 1.807) is 36.4 Å². The lowest BCUT2D eigenvalue weighted by Crippen LogP contribution is -2.44. The van der Waals surface area contributed by atoms with Crippen molar-refractivity contribution in [1.82, 2.24) is 4.90 Å². The number of benzene rings is 2. The summed E-state index contributed by atoms with van der Waals surface area (Å²) in [7, 11) is 0. The largest absolute Gasteiger partial charge is 0.481 e. The van der Waals surface area contributed by atoms with Gasteiger partial charge in [-0.2, -0.15) is 0 Å². The van der Waals surface area contributed by atoms with Gasteiger partial charge >= 0.3 is 5.97 Å². The van der Waals surface area contributed by atoms with Gasteiger partial charge in [0.25, 0.3) is 5.91 Å². The summed E-state index contributed by atoms with van der Waals surface area (Å²) in [6.45, 7) is 0.117. The Morgan fingerprint density at radius 1 is 1.07 bits per heavy atom. The average Bonchev–Trinajstić information content (AvgIpc) is 3.17. The fourth-order valence-electron chi connectivity index (χ4n) is 3.64. The lowest BCUT2D eigenvalue weighted by atomic mass is 9.79. The first kappa shape index (κ1) is 17.0. The van der Waals surface area contributed by atoms with Crippen molar-refractivity contribution < 1.29 is 23.5 Å². The highest BCUT2D eigenvalue weighted by molar-refractivity contribution is 6.00. The number of rotatable bonds is 4. The first-order valence-electron chi connectivity index (χ1n) is 8.47. The van der Waals surface area contributed by atoms with E-state index in [0.29, 0.717) is 22.5 Å². The summed E-state index contributed by atoms with van der Waals surface area (Å²) in [4.78, 5) is 26.8. The topological polar surface area (TPSA) is 70.8 Å². The maximum atomic E-state index is 13.4. The SMILES string of the molecule is O=C(O)C1c2ccccc2C(=O)N(Cc2ccco2)C1c1ccc(F)cc1. The van der Waals surface area contributed by atoms with E-state index in [4.69, 9.17) is 4.42 Å². The van der Waals surface area contributed by atoms with E-state index in [2.05, 4.69) is 0 Å². The third-order valence-corrected chi connectivity index (χ3v) is 4.82. The van der Waals surface area contributed by atoms with Crippen LogP contribution in [0, 0.1) is 5.82 Å². The molecular weight excluding hydrogens is 349 g/mol. The van der Waals surface area contributed by atoms with Crippen LogP contribution >= 0.6 is 0 Å². The molecule has 1 N–H and O–H groups in total. The number of halogens is 1. The summed E-state index contributed by atoms with van der Waals surface area (Å²) >= 11 is 0. The number of carboxylic acids is 1.